The Kier molecular flexibility index (Phi) is 3.84. The second-order valence-electron chi connectivity index (χ2n) is 5.75. The maximum Gasteiger partial charge on any atom is 0.258 e. The molecule has 1 amide bonds. The van der Waals surface area contributed by atoms with Crippen LogP contribution in [0.4, 0.5) is 15.8 Å². The molecule has 0 unspecified atom stereocenters. The lowest BCUT2D eigenvalue weighted by Gasteiger charge is -2.30. The number of hydrogen-bond donors (Lipinski definition) is 0. The third kappa shape index (κ3) is 2.56. The summed E-state index contributed by atoms with van der Waals surface area (Å²) in [7, 11) is 3.86. The molecule has 0 aromatic heterocycles. The van der Waals surface area contributed by atoms with Gasteiger partial charge in [-0.15, -0.1) is 0 Å². The summed E-state index contributed by atoms with van der Waals surface area (Å²) in [5, 5.41) is 0. The van der Waals surface area contributed by atoms with Gasteiger partial charge in [-0.1, -0.05) is 18.2 Å². The van der Waals surface area contributed by atoms with Gasteiger partial charge in [-0.2, -0.15) is 0 Å². The quantitative estimate of drug-likeness (QED) is 0.847. The van der Waals surface area contributed by atoms with Gasteiger partial charge < -0.3 is 9.80 Å². The number of rotatable bonds is 2. The Morgan fingerprint density at radius 3 is 2.73 bits per heavy atom. The fourth-order valence-electron chi connectivity index (χ4n) is 2.88. The molecule has 4 heteroatoms. The van der Waals surface area contributed by atoms with Crippen molar-refractivity contribution >= 4 is 17.3 Å². The summed E-state index contributed by atoms with van der Waals surface area (Å²) in [6, 6.07) is 12.4. The molecule has 0 N–H and O–H groups in total. The summed E-state index contributed by atoms with van der Waals surface area (Å²) in [5.74, 6) is -0.468. The van der Waals surface area contributed by atoms with Crippen LogP contribution >= 0.6 is 0 Å². The highest BCUT2D eigenvalue weighted by Gasteiger charge is 2.26. The zero-order valence-corrected chi connectivity index (χ0v) is 12.8. The van der Waals surface area contributed by atoms with Gasteiger partial charge in [0.2, 0.25) is 0 Å². The zero-order chi connectivity index (χ0) is 15.7. The van der Waals surface area contributed by atoms with Crippen molar-refractivity contribution in [2.75, 3.05) is 30.4 Å². The van der Waals surface area contributed by atoms with Crippen LogP contribution in [0.5, 0.6) is 0 Å². The van der Waals surface area contributed by atoms with E-state index in [4.69, 9.17) is 0 Å². The summed E-state index contributed by atoms with van der Waals surface area (Å²) in [4.78, 5) is 16.3. The number of aryl methyl sites for hydroxylation is 1. The van der Waals surface area contributed by atoms with Crippen molar-refractivity contribution in [3.05, 3.63) is 59.4 Å². The van der Waals surface area contributed by atoms with Gasteiger partial charge in [0.1, 0.15) is 5.82 Å². The molecule has 2 aromatic carbocycles. The van der Waals surface area contributed by atoms with Crippen LogP contribution in [0.3, 0.4) is 0 Å². The molecule has 0 radical (unpaired) electrons. The molecule has 22 heavy (non-hydrogen) atoms. The molecule has 0 fully saturated rings. The number of fused-ring (bicyclic) bond motifs is 1. The van der Waals surface area contributed by atoms with E-state index in [-0.39, 0.29) is 11.7 Å². The molecule has 114 valence electrons. The standard InChI is InChI=1S/C18H19FN2O/c1-20(2)15-9-3-7-14(12-15)18(22)21-11-5-8-13-6-4-10-16(19)17(13)21/h3-4,6-7,9-10,12H,5,8,11H2,1-2H3. The van der Waals surface area contributed by atoms with Crippen LogP contribution in [0.1, 0.15) is 22.3 Å². The molecule has 0 bridgehead atoms. The highest BCUT2D eigenvalue weighted by molar-refractivity contribution is 6.07. The molecular weight excluding hydrogens is 279 g/mol. The molecule has 2 aromatic rings. The van der Waals surface area contributed by atoms with Crippen molar-refractivity contribution in [2.45, 2.75) is 12.8 Å². The Labute approximate surface area is 130 Å². The minimum Gasteiger partial charge on any atom is -0.378 e. The Hall–Kier alpha value is -2.36. The molecular formula is C18H19FN2O. The van der Waals surface area contributed by atoms with Crippen LogP contribution in [0, 0.1) is 5.82 Å². The fraction of sp³-hybridized carbons (Fsp3) is 0.278. The highest BCUT2D eigenvalue weighted by atomic mass is 19.1. The molecule has 0 saturated carbocycles. The SMILES string of the molecule is CN(C)c1cccc(C(=O)N2CCCc3cccc(F)c32)c1. The van der Waals surface area contributed by atoms with Gasteiger partial charge in [-0.05, 0) is 42.7 Å². The Balaban J connectivity index is 1.99. The maximum atomic E-state index is 14.2. The molecule has 0 aliphatic carbocycles. The lowest BCUT2D eigenvalue weighted by Crippen LogP contribution is -2.36. The lowest BCUT2D eigenvalue weighted by molar-refractivity contribution is 0.0984. The number of carbonyl (C=O) groups is 1. The van der Waals surface area contributed by atoms with Gasteiger partial charge in [0.15, 0.2) is 0 Å². The normalized spacial score (nSPS) is 13.7. The van der Waals surface area contributed by atoms with Gasteiger partial charge in [-0.25, -0.2) is 4.39 Å². The minimum absolute atomic E-state index is 0.144. The van der Waals surface area contributed by atoms with E-state index >= 15 is 0 Å². The van der Waals surface area contributed by atoms with E-state index < -0.39 is 0 Å². The van der Waals surface area contributed by atoms with Gasteiger partial charge in [0.05, 0.1) is 5.69 Å². The van der Waals surface area contributed by atoms with Gasteiger partial charge in [-0.3, -0.25) is 4.79 Å². The number of amides is 1. The summed E-state index contributed by atoms with van der Waals surface area (Å²) >= 11 is 0. The van der Waals surface area contributed by atoms with Crippen molar-refractivity contribution in [3.63, 3.8) is 0 Å². The first kappa shape index (κ1) is 14.6. The van der Waals surface area contributed by atoms with Crippen molar-refractivity contribution in [1.82, 2.24) is 0 Å². The maximum absolute atomic E-state index is 14.2. The van der Waals surface area contributed by atoms with Crippen LogP contribution < -0.4 is 9.80 Å². The van der Waals surface area contributed by atoms with Crippen molar-refractivity contribution < 1.29 is 9.18 Å². The number of hydrogen-bond acceptors (Lipinski definition) is 2. The second-order valence-corrected chi connectivity index (χ2v) is 5.75. The van der Waals surface area contributed by atoms with E-state index in [0.717, 1.165) is 24.1 Å². The van der Waals surface area contributed by atoms with E-state index in [2.05, 4.69) is 0 Å². The second kappa shape index (κ2) is 5.79. The van der Waals surface area contributed by atoms with Crippen LogP contribution in [0.2, 0.25) is 0 Å². The molecule has 0 atom stereocenters. The number of benzene rings is 2. The number of nitrogens with zero attached hydrogens (tertiary/aromatic N) is 2. The van der Waals surface area contributed by atoms with Crippen LogP contribution in [-0.2, 0) is 6.42 Å². The topological polar surface area (TPSA) is 23.6 Å². The first-order chi connectivity index (χ1) is 10.6. The van der Waals surface area contributed by atoms with E-state index in [9.17, 15) is 9.18 Å². The van der Waals surface area contributed by atoms with Crippen molar-refractivity contribution in [2.24, 2.45) is 0 Å². The smallest absolute Gasteiger partial charge is 0.258 e. The predicted molar refractivity (Wildman–Crippen MR) is 87.2 cm³/mol. The molecule has 1 aliphatic rings. The first-order valence-electron chi connectivity index (χ1n) is 7.44. The van der Waals surface area contributed by atoms with Crippen LogP contribution in [0.15, 0.2) is 42.5 Å². The number of anilines is 2. The predicted octanol–water partition coefficient (Wildman–Crippen LogP) is 3.48. The van der Waals surface area contributed by atoms with Crippen molar-refractivity contribution in [3.8, 4) is 0 Å². The number of halogens is 1. The number of para-hydroxylation sites is 1. The third-order valence-corrected chi connectivity index (χ3v) is 4.02. The molecule has 3 nitrogen and oxygen atoms in total. The van der Waals surface area contributed by atoms with E-state index in [0.29, 0.717) is 17.8 Å². The molecule has 0 saturated heterocycles. The largest absolute Gasteiger partial charge is 0.378 e. The van der Waals surface area contributed by atoms with E-state index in [1.54, 1.807) is 17.0 Å². The zero-order valence-electron chi connectivity index (χ0n) is 12.8. The van der Waals surface area contributed by atoms with Crippen molar-refractivity contribution in [1.29, 1.82) is 0 Å². The first-order valence-corrected chi connectivity index (χ1v) is 7.44. The lowest BCUT2D eigenvalue weighted by atomic mass is 10.00. The van der Waals surface area contributed by atoms with E-state index in [1.165, 1.54) is 6.07 Å². The van der Waals surface area contributed by atoms with Crippen LogP contribution in [0.25, 0.3) is 0 Å². The molecule has 0 spiro atoms. The highest BCUT2D eigenvalue weighted by Crippen LogP contribution is 2.31. The summed E-state index contributed by atoms with van der Waals surface area (Å²) < 4.78 is 14.2. The Morgan fingerprint density at radius 2 is 1.95 bits per heavy atom. The number of carbonyl (C=O) groups excluding carboxylic acids is 1. The average Bonchev–Trinajstić information content (AvgIpc) is 2.54. The molecule has 1 aliphatic heterocycles. The molecule has 1 heterocycles. The Bertz CT molecular complexity index is 712. The van der Waals surface area contributed by atoms with Gasteiger partial charge >= 0.3 is 0 Å². The molecule has 3 rings (SSSR count). The monoisotopic (exact) mass is 298 g/mol. The minimum atomic E-state index is -0.325. The summed E-state index contributed by atoms with van der Waals surface area (Å²) in [6.45, 7) is 0.555. The van der Waals surface area contributed by atoms with E-state index in [1.807, 2.05) is 43.3 Å². The van der Waals surface area contributed by atoms with Crippen LogP contribution in [-0.4, -0.2) is 26.5 Å². The average molecular weight is 298 g/mol. The summed E-state index contributed by atoms with van der Waals surface area (Å²) in [6.07, 6.45) is 1.67. The third-order valence-electron chi connectivity index (χ3n) is 4.02. The fourth-order valence-corrected chi connectivity index (χ4v) is 2.88. The Morgan fingerprint density at radius 1 is 1.18 bits per heavy atom. The van der Waals surface area contributed by atoms with Gasteiger partial charge in [0.25, 0.3) is 5.91 Å². The van der Waals surface area contributed by atoms with Gasteiger partial charge in [0, 0.05) is 31.9 Å². The summed E-state index contributed by atoms with van der Waals surface area (Å²) in [5.41, 5.74) is 2.89.